The third-order valence-electron chi connectivity index (χ3n) is 3.48. The van der Waals surface area contributed by atoms with Crippen LogP contribution in [0.25, 0.3) is 0 Å². The Morgan fingerprint density at radius 1 is 1.32 bits per heavy atom. The molecule has 110 valence electrons. The van der Waals surface area contributed by atoms with E-state index in [0.717, 1.165) is 5.75 Å². The van der Waals surface area contributed by atoms with E-state index in [1.807, 2.05) is 11.2 Å². The molecule has 0 bridgehead atoms. The first-order valence-electron chi connectivity index (χ1n) is 6.47. The summed E-state index contributed by atoms with van der Waals surface area (Å²) in [5.74, 6) is 0.0382. The molecule has 1 fully saturated rings. The van der Waals surface area contributed by atoms with E-state index in [-0.39, 0.29) is 5.91 Å². The number of carbonyl (C=O) groups is 2. The van der Waals surface area contributed by atoms with Gasteiger partial charge in [-0.2, -0.15) is 11.8 Å². The summed E-state index contributed by atoms with van der Waals surface area (Å²) in [6.45, 7) is 3.97. The normalized spacial score (nSPS) is 20.1. The maximum absolute atomic E-state index is 12.1. The zero-order chi connectivity index (χ0) is 14.4. The van der Waals surface area contributed by atoms with Crippen molar-refractivity contribution >= 4 is 23.6 Å². The lowest BCUT2D eigenvalue weighted by molar-refractivity contribution is -0.144. The first kappa shape index (κ1) is 16.3. The second-order valence-corrected chi connectivity index (χ2v) is 5.75. The van der Waals surface area contributed by atoms with Crippen molar-refractivity contribution in [2.24, 2.45) is 5.73 Å². The Morgan fingerprint density at radius 3 is 2.37 bits per heavy atom. The number of carbonyl (C=O) groups excluding carboxylic acids is 1. The standard InChI is InChI=1S/C12H23N3O3S/c1-9(12(17)18)14-4-6-15(7-5-14)11(16)10(13)3-8-19-2/h9-10H,3-8,13H2,1-2H3,(H,17,18)/t9?,10-/m0/s1. The summed E-state index contributed by atoms with van der Waals surface area (Å²) in [6.07, 6.45) is 2.68. The fourth-order valence-electron chi connectivity index (χ4n) is 2.09. The Labute approximate surface area is 118 Å². The Kier molecular flexibility index (Phi) is 6.60. The average Bonchev–Trinajstić information content (AvgIpc) is 2.43. The second-order valence-electron chi connectivity index (χ2n) is 4.76. The number of amides is 1. The van der Waals surface area contributed by atoms with E-state index in [9.17, 15) is 9.59 Å². The minimum Gasteiger partial charge on any atom is -0.480 e. The van der Waals surface area contributed by atoms with Crippen LogP contribution in [0.3, 0.4) is 0 Å². The summed E-state index contributed by atoms with van der Waals surface area (Å²) in [5, 5.41) is 8.95. The Bertz CT molecular complexity index is 319. The number of aliphatic carboxylic acids is 1. The van der Waals surface area contributed by atoms with Gasteiger partial charge in [0.2, 0.25) is 5.91 Å². The van der Waals surface area contributed by atoms with Gasteiger partial charge in [-0.05, 0) is 25.4 Å². The molecule has 1 aliphatic rings. The van der Waals surface area contributed by atoms with Crippen LogP contribution in [-0.4, -0.2) is 77.1 Å². The molecule has 1 rings (SSSR count). The highest BCUT2D eigenvalue weighted by molar-refractivity contribution is 7.98. The highest BCUT2D eigenvalue weighted by atomic mass is 32.2. The van der Waals surface area contributed by atoms with Crippen molar-refractivity contribution in [3.8, 4) is 0 Å². The molecular weight excluding hydrogens is 266 g/mol. The fraction of sp³-hybridized carbons (Fsp3) is 0.833. The number of thioether (sulfide) groups is 1. The molecule has 0 aromatic carbocycles. The highest BCUT2D eigenvalue weighted by Gasteiger charge is 2.28. The zero-order valence-electron chi connectivity index (χ0n) is 11.5. The molecule has 7 heteroatoms. The maximum Gasteiger partial charge on any atom is 0.320 e. The van der Waals surface area contributed by atoms with Crippen LogP contribution >= 0.6 is 11.8 Å². The average molecular weight is 289 g/mol. The monoisotopic (exact) mass is 289 g/mol. The smallest absolute Gasteiger partial charge is 0.320 e. The number of carboxylic acids is 1. The van der Waals surface area contributed by atoms with Gasteiger partial charge in [-0.3, -0.25) is 14.5 Å². The van der Waals surface area contributed by atoms with E-state index in [1.54, 1.807) is 23.6 Å². The Morgan fingerprint density at radius 2 is 1.89 bits per heavy atom. The first-order chi connectivity index (χ1) is 8.97. The SMILES string of the molecule is CSCC[C@H](N)C(=O)N1CCN(C(C)C(=O)O)CC1. The number of rotatable bonds is 6. The van der Waals surface area contributed by atoms with Crippen LogP contribution in [0.5, 0.6) is 0 Å². The number of hydrogen-bond donors (Lipinski definition) is 2. The molecule has 0 spiro atoms. The van der Waals surface area contributed by atoms with Crippen molar-refractivity contribution in [2.45, 2.75) is 25.4 Å². The predicted molar refractivity (Wildman–Crippen MR) is 76.2 cm³/mol. The molecule has 1 amide bonds. The molecule has 0 aromatic heterocycles. The molecule has 19 heavy (non-hydrogen) atoms. The third kappa shape index (κ3) is 4.67. The van der Waals surface area contributed by atoms with Crippen LogP contribution in [0.4, 0.5) is 0 Å². The minimum atomic E-state index is -0.823. The van der Waals surface area contributed by atoms with Crippen molar-refractivity contribution in [1.82, 2.24) is 9.80 Å². The van der Waals surface area contributed by atoms with Gasteiger partial charge in [0.05, 0.1) is 6.04 Å². The first-order valence-corrected chi connectivity index (χ1v) is 7.87. The van der Waals surface area contributed by atoms with E-state index in [0.29, 0.717) is 32.6 Å². The van der Waals surface area contributed by atoms with Crippen molar-refractivity contribution in [2.75, 3.05) is 38.2 Å². The Hall–Kier alpha value is -0.790. The molecule has 1 saturated heterocycles. The van der Waals surface area contributed by atoms with Gasteiger partial charge in [0.25, 0.3) is 0 Å². The highest BCUT2D eigenvalue weighted by Crippen LogP contribution is 2.09. The molecule has 1 unspecified atom stereocenters. The lowest BCUT2D eigenvalue weighted by Crippen LogP contribution is -2.56. The van der Waals surface area contributed by atoms with Gasteiger partial charge in [0, 0.05) is 26.2 Å². The van der Waals surface area contributed by atoms with Gasteiger partial charge in [0.1, 0.15) is 6.04 Å². The van der Waals surface area contributed by atoms with Crippen LogP contribution < -0.4 is 5.73 Å². The van der Waals surface area contributed by atoms with Crippen molar-refractivity contribution < 1.29 is 14.7 Å². The van der Waals surface area contributed by atoms with E-state index in [2.05, 4.69) is 0 Å². The topological polar surface area (TPSA) is 86.9 Å². The third-order valence-corrected chi connectivity index (χ3v) is 4.13. The van der Waals surface area contributed by atoms with Gasteiger partial charge >= 0.3 is 5.97 Å². The summed E-state index contributed by atoms with van der Waals surface area (Å²) < 4.78 is 0. The molecule has 3 N–H and O–H groups in total. The summed E-state index contributed by atoms with van der Waals surface area (Å²) in [7, 11) is 0. The summed E-state index contributed by atoms with van der Waals surface area (Å²) >= 11 is 1.68. The molecule has 0 saturated carbocycles. The van der Waals surface area contributed by atoms with Crippen molar-refractivity contribution in [3.05, 3.63) is 0 Å². The van der Waals surface area contributed by atoms with Crippen molar-refractivity contribution in [1.29, 1.82) is 0 Å². The predicted octanol–water partition coefficient (Wildman–Crippen LogP) is -0.316. The summed E-state index contributed by atoms with van der Waals surface area (Å²) in [4.78, 5) is 26.6. The van der Waals surface area contributed by atoms with Gasteiger partial charge < -0.3 is 15.7 Å². The van der Waals surface area contributed by atoms with Crippen LogP contribution in [0.1, 0.15) is 13.3 Å². The number of piperazine rings is 1. The maximum atomic E-state index is 12.1. The quantitative estimate of drug-likeness (QED) is 0.697. The van der Waals surface area contributed by atoms with E-state index in [4.69, 9.17) is 10.8 Å². The van der Waals surface area contributed by atoms with Gasteiger partial charge in [-0.1, -0.05) is 0 Å². The minimum absolute atomic E-state index is 0.0170. The van der Waals surface area contributed by atoms with Gasteiger partial charge in [-0.15, -0.1) is 0 Å². The van der Waals surface area contributed by atoms with Crippen LogP contribution in [-0.2, 0) is 9.59 Å². The fourth-order valence-corrected chi connectivity index (χ4v) is 2.58. The van der Waals surface area contributed by atoms with Gasteiger partial charge in [0.15, 0.2) is 0 Å². The zero-order valence-corrected chi connectivity index (χ0v) is 12.4. The summed E-state index contributed by atoms with van der Waals surface area (Å²) in [5.41, 5.74) is 5.86. The lowest BCUT2D eigenvalue weighted by Gasteiger charge is -2.37. The number of nitrogens with two attached hydrogens (primary N) is 1. The van der Waals surface area contributed by atoms with Crippen LogP contribution in [0.2, 0.25) is 0 Å². The van der Waals surface area contributed by atoms with Crippen molar-refractivity contribution in [3.63, 3.8) is 0 Å². The molecule has 2 atom stereocenters. The molecular formula is C12H23N3O3S. The van der Waals surface area contributed by atoms with E-state index >= 15 is 0 Å². The molecule has 0 aliphatic carbocycles. The van der Waals surface area contributed by atoms with Crippen LogP contribution in [0.15, 0.2) is 0 Å². The molecule has 1 heterocycles. The molecule has 0 radical (unpaired) electrons. The van der Waals surface area contributed by atoms with E-state index in [1.165, 1.54) is 0 Å². The largest absolute Gasteiger partial charge is 0.480 e. The van der Waals surface area contributed by atoms with Crippen LogP contribution in [0, 0.1) is 0 Å². The van der Waals surface area contributed by atoms with E-state index < -0.39 is 18.1 Å². The number of hydrogen-bond acceptors (Lipinski definition) is 5. The number of carboxylic acid groups (broad SMARTS) is 1. The molecule has 6 nitrogen and oxygen atoms in total. The van der Waals surface area contributed by atoms with Gasteiger partial charge in [-0.25, -0.2) is 0 Å². The summed E-state index contributed by atoms with van der Waals surface area (Å²) in [6, 6.07) is -0.932. The molecule has 1 aliphatic heterocycles. The Balaban J connectivity index is 2.40. The second kappa shape index (κ2) is 7.72. The number of nitrogens with zero attached hydrogens (tertiary/aromatic N) is 2. The molecule has 0 aromatic rings. The lowest BCUT2D eigenvalue weighted by atomic mass is 10.1.